The van der Waals surface area contributed by atoms with E-state index in [2.05, 4.69) is 4.72 Å². The molecule has 0 aliphatic heterocycles. The largest absolute Gasteiger partial charge is 0.399 e. The van der Waals surface area contributed by atoms with Crippen LogP contribution in [-0.2, 0) is 10.0 Å². The molecule has 0 saturated heterocycles. The van der Waals surface area contributed by atoms with Crippen molar-refractivity contribution in [2.45, 2.75) is 17.3 Å². The molecule has 0 radical (unpaired) electrons. The Labute approximate surface area is 88.1 Å². The minimum Gasteiger partial charge on any atom is -0.399 e. The summed E-state index contributed by atoms with van der Waals surface area (Å²) in [5, 5.41) is 0. The SMILES string of the molecule is CC(Cl)NS(=O)(=O)c1cccc(N)c1. The lowest BCUT2D eigenvalue weighted by Crippen LogP contribution is -2.28. The first kappa shape index (κ1) is 11.3. The monoisotopic (exact) mass is 234 g/mol. The third-order valence-electron chi connectivity index (χ3n) is 1.49. The molecule has 0 fully saturated rings. The molecule has 14 heavy (non-hydrogen) atoms. The molecule has 6 heteroatoms. The van der Waals surface area contributed by atoms with Gasteiger partial charge in [0.2, 0.25) is 10.0 Å². The predicted octanol–water partition coefficient (Wildman–Crippen LogP) is 1.13. The van der Waals surface area contributed by atoms with E-state index in [1.54, 1.807) is 12.1 Å². The van der Waals surface area contributed by atoms with E-state index in [1.807, 2.05) is 0 Å². The fraction of sp³-hybridized carbons (Fsp3) is 0.250. The second-order valence-corrected chi connectivity index (χ2v) is 5.18. The number of hydrogen-bond donors (Lipinski definition) is 2. The van der Waals surface area contributed by atoms with Crippen molar-refractivity contribution in [3.63, 3.8) is 0 Å². The third-order valence-corrected chi connectivity index (χ3v) is 3.26. The van der Waals surface area contributed by atoms with Gasteiger partial charge in [0.1, 0.15) is 0 Å². The summed E-state index contributed by atoms with van der Waals surface area (Å²) in [5.41, 5.74) is 5.21. The molecule has 0 aromatic heterocycles. The molecule has 1 atom stereocenters. The van der Waals surface area contributed by atoms with Crippen molar-refractivity contribution in [2.75, 3.05) is 5.73 Å². The van der Waals surface area contributed by atoms with Gasteiger partial charge in [-0.05, 0) is 25.1 Å². The van der Waals surface area contributed by atoms with Gasteiger partial charge >= 0.3 is 0 Å². The highest BCUT2D eigenvalue weighted by molar-refractivity contribution is 7.89. The van der Waals surface area contributed by atoms with Gasteiger partial charge in [0.25, 0.3) is 0 Å². The molecule has 1 aromatic carbocycles. The van der Waals surface area contributed by atoms with Crippen molar-refractivity contribution >= 4 is 27.3 Å². The van der Waals surface area contributed by atoms with Gasteiger partial charge in [-0.1, -0.05) is 6.07 Å². The van der Waals surface area contributed by atoms with Gasteiger partial charge in [-0.3, -0.25) is 0 Å². The molecule has 3 N–H and O–H groups in total. The van der Waals surface area contributed by atoms with Crippen molar-refractivity contribution in [1.82, 2.24) is 4.72 Å². The number of anilines is 1. The van der Waals surface area contributed by atoms with Gasteiger partial charge in [-0.25, -0.2) is 8.42 Å². The van der Waals surface area contributed by atoms with Crippen LogP contribution < -0.4 is 10.5 Å². The van der Waals surface area contributed by atoms with Crippen LogP contribution >= 0.6 is 11.6 Å². The van der Waals surface area contributed by atoms with E-state index in [1.165, 1.54) is 19.1 Å². The maximum absolute atomic E-state index is 11.5. The minimum absolute atomic E-state index is 0.116. The summed E-state index contributed by atoms with van der Waals surface area (Å²) in [5.74, 6) is 0. The Bertz CT molecular complexity index is 417. The van der Waals surface area contributed by atoms with E-state index in [9.17, 15) is 8.42 Å². The number of nitrogen functional groups attached to an aromatic ring is 1. The van der Waals surface area contributed by atoms with Crippen LogP contribution in [0.25, 0.3) is 0 Å². The zero-order chi connectivity index (χ0) is 10.8. The summed E-state index contributed by atoms with van der Waals surface area (Å²) >= 11 is 5.53. The predicted molar refractivity (Wildman–Crippen MR) is 56.5 cm³/mol. The summed E-state index contributed by atoms with van der Waals surface area (Å²) in [6.45, 7) is 1.53. The average Bonchev–Trinajstić information content (AvgIpc) is 2.01. The molecular formula is C8H11ClN2O2S. The standard InChI is InChI=1S/C8H11ClN2O2S/c1-6(9)11-14(12,13)8-4-2-3-7(10)5-8/h2-6,11H,10H2,1H3. The molecule has 0 amide bonds. The molecule has 1 unspecified atom stereocenters. The molecular weight excluding hydrogens is 224 g/mol. The lowest BCUT2D eigenvalue weighted by Gasteiger charge is -2.08. The van der Waals surface area contributed by atoms with Crippen LogP contribution in [0.1, 0.15) is 6.92 Å². The summed E-state index contributed by atoms with van der Waals surface area (Å²) in [6, 6.07) is 6.02. The lowest BCUT2D eigenvalue weighted by atomic mass is 10.3. The van der Waals surface area contributed by atoms with Gasteiger partial charge in [-0.2, -0.15) is 4.72 Å². The van der Waals surface area contributed by atoms with E-state index in [0.29, 0.717) is 5.69 Å². The Kier molecular flexibility index (Phi) is 3.36. The van der Waals surface area contributed by atoms with Crippen LogP contribution in [0.5, 0.6) is 0 Å². The molecule has 1 aromatic rings. The molecule has 4 nitrogen and oxygen atoms in total. The zero-order valence-corrected chi connectivity index (χ0v) is 9.14. The van der Waals surface area contributed by atoms with Crippen LogP contribution in [0.3, 0.4) is 0 Å². The number of hydrogen-bond acceptors (Lipinski definition) is 3. The van der Waals surface area contributed by atoms with Crippen molar-refractivity contribution in [2.24, 2.45) is 0 Å². The van der Waals surface area contributed by atoms with Crippen molar-refractivity contribution < 1.29 is 8.42 Å². The maximum Gasteiger partial charge on any atom is 0.241 e. The minimum atomic E-state index is -3.54. The fourth-order valence-electron chi connectivity index (χ4n) is 0.964. The van der Waals surface area contributed by atoms with E-state index >= 15 is 0 Å². The first-order valence-corrected chi connectivity index (χ1v) is 5.86. The van der Waals surface area contributed by atoms with E-state index in [0.717, 1.165) is 0 Å². The molecule has 1 rings (SSSR count). The smallest absolute Gasteiger partial charge is 0.241 e. The molecule has 0 spiro atoms. The van der Waals surface area contributed by atoms with Gasteiger partial charge in [-0.15, -0.1) is 11.6 Å². The van der Waals surface area contributed by atoms with Crippen molar-refractivity contribution in [3.05, 3.63) is 24.3 Å². The van der Waals surface area contributed by atoms with Crippen molar-refractivity contribution in [3.8, 4) is 0 Å². The zero-order valence-electron chi connectivity index (χ0n) is 7.57. The van der Waals surface area contributed by atoms with Gasteiger partial charge in [0.05, 0.1) is 10.4 Å². The highest BCUT2D eigenvalue weighted by Crippen LogP contribution is 2.13. The Hall–Kier alpha value is -0.780. The fourth-order valence-corrected chi connectivity index (χ4v) is 2.43. The molecule has 0 saturated carbocycles. The Morgan fingerprint density at radius 3 is 2.64 bits per heavy atom. The van der Waals surface area contributed by atoms with Crippen LogP contribution in [0.2, 0.25) is 0 Å². The number of nitrogens with one attached hydrogen (secondary N) is 1. The number of sulfonamides is 1. The van der Waals surface area contributed by atoms with E-state index in [-0.39, 0.29) is 4.90 Å². The number of halogens is 1. The van der Waals surface area contributed by atoms with Crippen LogP contribution in [-0.4, -0.2) is 13.9 Å². The lowest BCUT2D eigenvalue weighted by molar-refractivity contribution is 0.580. The first-order valence-electron chi connectivity index (χ1n) is 3.94. The molecule has 0 aliphatic carbocycles. The summed E-state index contributed by atoms with van der Waals surface area (Å²) in [6.07, 6.45) is 0. The van der Waals surface area contributed by atoms with Crippen LogP contribution in [0, 0.1) is 0 Å². The second kappa shape index (κ2) is 4.16. The topological polar surface area (TPSA) is 72.2 Å². The molecule has 0 bridgehead atoms. The number of nitrogens with two attached hydrogens (primary N) is 1. The van der Waals surface area contributed by atoms with E-state index in [4.69, 9.17) is 17.3 Å². The molecule has 0 heterocycles. The van der Waals surface area contributed by atoms with Crippen LogP contribution in [0.15, 0.2) is 29.2 Å². The summed E-state index contributed by atoms with van der Waals surface area (Å²) in [7, 11) is -3.54. The number of benzene rings is 1. The molecule has 78 valence electrons. The first-order chi connectivity index (χ1) is 6.42. The Balaban J connectivity index is 3.05. The average molecular weight is 235 g/mol. The second-order valence-electron chi connectivity index (χ2n) is 2.81. The van der Waals surface area contributed by atoms with Crippen molar-refractivity contribution in [1.29, 1.82) is 0 Å². The normalized spacial score (nSPS) is 13.9. The van der Waals surface area contributed by atoms with Gasteiger partial charge in [0, 0.05) is 5.69 Å². The molecule has 0 aliphatic rings. The van der Waals surface area contributed by atoms with Crippen LogP contribution in [0.4, 0.5) is 5.69 Å². The summed E-state index contributed by atoms with van der Waals surface area (Å²) < 4.78 is 25.3. The number of alkyl halides is 1. The summed E-state index contributed by atoms with van der Waals surface area (Å²) in [4.78, 5) is 0.116. The van der Waals surface area contributed by atoms with E-state index < -0.39 is 15.5 Å². The number of rotatable bonds is 3. The highest BCUT2D eigenvalue weighted by atomic mass is 35.5. The highest BCUT2D eigenvalue weighted by Gasteiger charge is 2.15. The van der Waals surface area contributed by atoms with Gasteiger partial charge in [0.15, 0.2) is 0 Å². The quantitative estimate of drug-likeness (QED) is 0.468. The third kappa shape index (κ3) is 2.87. The maximum atomic E-state index is 11.5. The Morgan fingerprint density at radius 1 is 1.50 bits per heavy atom. The Morgan fingerprint density at radius 2 is 2.14 bits per heavy atom. The van der Waals surface area contributed by atoms with Gasteiger partial charge < -0.3 is 5.73 Å².